The van der Waals surface area contributed by atoms with Gasteiger partial charge in [-0.05, 0) is 6.42 Å². The number of carboxylic acid groups (broad SMARTS) is 1. The van der Waals surface area contributed by atoms with Gasteiger partial charge in [-0.1, -0.05) is 90.4 Å². The molecule has 0 aromatic rings. The molecule has 0 heterocycles. The summed E-state index contributed by atoms with van der Waals surface area (Å²) in [5.41, 5.74) is 5.79. The Kier molecular flexibility index (Phi) is 27.8. The number of carbonyl (C=O) groups is 4. The second kappa shape index (κ2) is 27.8. The van der Waals surface area contributed by atoms with E-state index < -0.39 is 42.7 Å². The van der Waals surface area contributed by atoms with Crippen LogP contribution in [-0.4, -0.2) is 84.1 Å². The standard InChI is InChI=1S/C26H50N2O6S.C2HF3O2/c1-3-4-5-6-7-8-9-10-11-12-13-14-15-16-18-34-24(30)17-19-35-21-22(27)25(31)28-23(20-29)26(32)33-2;3-2(4,5)1(6)7/h22-23,29H,3-21,27H2,1-2H3,(H,28,31);(H,6,7)/t22-,23-;/m0./s1. The summed E-state index contributed by atoms with van der Waals surface area (Å²) in [5.74, 6) is -3.50. The van der Waals surface area contributed by atoms with Crippen molar-refractivity contribution in [3.63, 3.8) is 0 Å². The fourth-order valence-corrected chi connectivity index (χ4v) is 4.48. The van der Waals surface area contributed by atoms with Crippen LogP contribution < -0.4 is 11.1 Å². The van der Waals surface area contributed by atoms with E-state index in [0.29, 0.717) is 12.4 Å². The number of halogens is 3. The lowest BCUT2D eigenvalue weighted by Gasteiger charge is -2.17. The Balaban J connectivity index is 0. The summed E-state index contributed by atoms with van der Waals surface area (Å²) in [6.07, 6.45) is 13.3. The average molecular weight is 633 g/mol. The van der Waals surface area contributed by atoms with Crippen LogP contribution in [-0.2, 0) is 28.7 Å². The van der Waals surface area contributed by atoms with E-state index in [1.165, 1.54) is 95.9 Å². The van der Waals surface area contributed by atoms with Gasteiger partial charge >= 0.3 is 24.1 Å². The Labute approximate surface area is 252 Å². The van der Waals surface area contributed by atoms with E-state index in [1.54, 1.807) is 0 Å². The normalized spacial score (nSPS) is 12.5. The van der Waals surface area contributed by atoms with Gasteiger partial charge in [0.25, 0.3) is 0 Å². The molecule has 0 saturated heterocycles. The number of carboxylic acids is 1. The first kappa shape index (κ1) is 42.1. The number of esters is 2. The van der Waals surface area contributed by atoms with E-state index in [-0.39, 0.29) is 18.1 Å². The number of methoxy groups -OCH3 is 1. The van der Waals surface area contributed by atoms with Gasteiger partial charge in [0, 0.05) is 11.5 Å². The first-order chi connectivity index (χ1) is 19.9. The van der Waals surface area contributed by atoms with Gasteiger partial charge < -0.3 is 30.7 Å². The molecule has 0 radical (unpaired) electrons. The van der Waals surface area contributed by atoms with E-state index in [4.69, 9.17) is 25.5 Å². The molecule has 248 valence electrons. The van der Waals surface area contributed by atoms with E-state index in [0.717, 1.165) is 12.8 Å². The summed E-state index contributed by atoms with van der Waals surface area (Å²) in [5, 5.41) is 18.6. The van der Waals surface area contributed by atoms with E-state index in [2.05, 4.69) is 17.0 Å². The Morgan fingerprint density at radius 1 is 0.881 bits per heavy atom. The predicted molar refractivity (Wildman–Crippen MR) is 156 cm³/mol. The quantitative estimate of drug-likeness (QED) is 0.0862. The highest BCUT2D eigenvalue weighted by Gasteiger charge is 2.38. The molecule has 0 rings (SSSR count). The summed E-state index contributed by atoms with van der Waals surface area (Å²) >= 11 is 1.37. The molecule has 0 bridgehead atoms. The summed E-state index contributed by atoms with van der Waals surface area (Å²) in [6, 6.07) is -1.99. The van der Waals surface area contributed by atoms with Crippen molar-refractivity contribution < 1.29 is 52.0 Å². The van der Waals surface area contributed by atoms with Gasteiger partial charge in [0.2, 0.25) is 5.91 Å². The highest BCUT2D eigenvalue weighted by atomic mass is 32.2. The molecule has 0 spiro atoms. The first-order valence-corrected chi connectivity index (χ1v) is 15.8. The molecule has 0 fully saturated rings. The number of hydrogen-bond acceptors (Lipinski definition) is 9. The predicted octanol–water partition coefficient (Wildman–Crippen LogP) is 4.74. The molecular formula is C28H51F3N2O8S. The summed E-state index contributed by atoms with van der Waals surface area (Å²) in [6.45, 7) is 2.15. The zero-order valence-corrected chi connectivity index (χ0v) is 25.9. The number of aliphatic hydroxyl groups excluding tert-OH is 1. The van der Waals surface area contributed by atoms with Gasteiger partial charge in [0.05, 0.1) is 32.8 Å². The van der Waals surface area contributed by atoms with Crippen molar-refractivity contribution in [1.29, 1.82) is 0 Å². The minimum absolute atomic E-state index is 0.240. The van der Waals surface area contributed by atoms with Gasteiger partial charge in [0.15, 0.2) is 6.04 Å². The van der Waals surface area contributed by atoms with Gasteiger partial charge in [-0.3, -0.25) is 9.59 Å². The second-order valence-electron chi connectivity index (χ2n) is 9.82. The van der Waals surface area contributed by atoms with Crippen LogP contribution in [0.1, 0.15) is 103 Å². The van der Waals surface area contributed by atoms with Crippen LogP contribution in [0, 0.1) is 0 Å². The fraction of sp³-hybridized carbons (Fsp3) is 0.857. The lowest BCUT2D eigenvalue weighted by Crippen LogP contribution is -2.51. The van der Waals surface area contributed by atoms with E-state index in [1.807, 2.05) is 0 Å². The first-order valence-electron chi connectivity index (χ1n) is 14.7. The molecule has 0 aliphatic carbocycles. The van der Waals surface area contributed by atoms with Crippen LogP contribution in [0.2, 0.25) is 0 Å². The molecular weight excluding hydrogens is 581 g/mol. The number of aliphatic hydroxyl groups is 1. The molecule has 10 nitrogen and oxygen atoms in total. The highest BCUT2D eigenvalue weighted by Crippen LogP contribution is 2.14. The van der Waals surface area contributed by atoms with Gasteiger partial charge in [-0.15, -0.1) is 0 Å². The molecule has 2 atom stereocenters. The number of amides is 1. The Morgan fingerprint density at radius 2 is 1.33 bits per heavy atom. The van der Waals surface area contributed by atoms with Crippen LogP contribution in [0.5, 0.6) is 0 Å². The SMILES string of the molecule is CCCCCCCCCCCCCCCCOC(=O)CCSC[C@H](N)C(=O)N[C@@H](CO)C(=O)OC.O=C(O)C(F)(F)F. The maximum atomic E-state index is 12.0. The van der Waals surface area contributed by atoms with E-state index in [9.17, 15) is 27.6 Å². The van der Waals surface area contributed by atoms with Crippen molar-refractivity contribution in [1.82, 2.24) is 5.32 Å². The molecule has 0 aromatic carbocycles. The maximum Gasteiger partial charge on any atom is 0.490 e. The number of unbranched alkanes of at least 4 members (excludes halogenated alkanes) is 13. The number of ether oxygens (including phenoxy) is 2. The minimum Gasteiger partial charge on any atom is -0.475 e. The average Bonchev–Trinajstić information content (AvgIpc) is 2.95. The molecule has 0 aromatic heterocycles. The van der Waals surface area contributed by atoms with Crippen molar-refractivity contribution in [2.24, 2.45) is 5.73 Å². The van der Waals surface area contributed by atoms with Crippen molar-refractivity contribution in [2.45, 2.75) is 121 Å². The minimum atomic E-state index is -5.08. The molecule has 0 saturated carbocycles. The van der Waals surface area contributed by atoms with Crippen LogP contribution >= 0.6 is 11.8 Å². The maximum absolute atomic E-state index is 12.0. The molecule has 0 unspecified atom stereocenters. The number of thioether (sulfide) groups is 1. The third-order valence-corrected chi connectivity index (χ3v) is 7.16. The topological polar surface area (TPSA) is 165 Å². The van der Waals surface area contributed by atoms with Crippen LogP contribution in [0.3, 0.4) is 0 Å². The van der Waals surface area contributed by atoms with Crippen LogP contribution in [0.4, 0.5) is 13.2 Å². The highest BCUT2D eigenvalue weighted by molar-refractivity contribution is 7.99. The van der Waals surface area contributed by atoms with E-state index >= 15 is 0 Å². The Hall–Kier alpha value is -2.06. The molecule has 0 aliphatic rings. The largest absolute Gasteiger partial charge is 0.490 e. The number of alkyl halides is 3. The fourth-order valence-electron chi connectivity index (χ4n) is 3.60. The van der Waals surface area contributed by atoms with Crippen molar-refractivity contribution in [3.05, 3.63) is 0 Å². The smallest absolute Gasteiger partial charge is 0.475 e. The number of aliphatic carboxylic acids is 1. The summed E-state index contributed by atoms with van der Waals surface area (Å²) in [4.78, 5) is 44.1. The molecule has 1 amide bonds. The van der Waals surface area contributed by atoms with Crippen molar-refractivity contribution in [2.75, 3.05) is 31.8 Å². The summed E-state index contributed by atoms with van der Waals surface area (Å²) in [7, 11) is 1.17. The number of nitrogens with one attached hydrogen (secondary N) is 1. The van der Waals surface area contributed by atoms with Gasteiger partial charge in [0.1, 0.15) is 0 Å². The van der Waals surface area contributed by atoms with Gasteiger partial charge in [-0.25, -0.2) is 9.59 Å². The van der Waals surface area contributed by atoms with Gasteiger partial charge in [-0.2, -0.15) is 24.9 Å². The molecule has 42 heavy (non-hydrogen) atoms. The molecule has 5 N–H and O–H groups in total. The Morgan fingerprint density at radius 3 is 1.74 bits per heavy atom. The van der Waals surface area contributed by atoms with Crippen molar-refractivity contribution in [3.8, 4) is 0 Å². The number of carbonyl (C=O) groups excluding carboxylic acids is 3. The van der Waals surface area contributed by atoms with Crippen molar-refractivity contribution >= 4 is 35.6 Å². The molecule has 0 aliphatic heterocycles. The monoisotopic (exact) mass is 632 g/mol. The number of rotatable bonds is 24. The van der Waals surface area contributed by atoms with Crippen LogP contribution in [0.25, 0.3) is 0 Å². The Bertz CT molecular complexity index is 730. The molecule has 14 heteroatoms. The second-order valence-corrected chi connectivity index (χ2v) is 11.0. The lowest BCUT2D eigenvalue weighted by molar-refractivity contribution is -0.192. The summed E-state index contributed by atoms with van der Waals surface area (Å²) < 4.78 is 41.5. The number of hydrogen-bond donors (Lipinski definition) is 4. The third-order valence-electron chi connectivity index (χ3n) is 6.07. The lowest BCUT2D eigenvalue weighted by atomic mass is 10.0. The van der Waals surface area contributed by atoms with Crippen LogP contribution in [0.15, 0.2) is 0 Å². The zero-order chi connectivity index (χ0) is 32.2. The zero-order valence-electron chi connectivity index (χ0n) is 25.1. The number of nitrogens with two attached hydrogens (primary N) is 1. The third kappa shape index (κ3) is 26.8.